The molecule has 1 unspecified atom stereocenters. The van der Waals surface area contributed by atoms with Gasteiger partial charge < -0.3 is 14.4 Å². The third-order valence-corrected chi connectivity index (χ3v) is 5.75. The molecule has 2 aromatic rings. The molecule has 1 aromatic carbocycles. The molecule has 1 aliphatic heterocycles. The molecular weight excluding hydrogens is 468 g/mol. The number of anilines is 1. The lowest BCUT2D eigenvalue weighted by molar-refractivity contribution is -0.181. The molecule has 0 bridgehead atoms. The van der Waals surface area contributed by atoms with Gasteiger partial charge in [-0.05, 0) is 56.2 Å². The van der Waals surface area contributed by atoms with E-state index >= 15 is 0 Å². The number of nitrogens with one attached hydrogen (secondary N) is 1. The fourth-order valence-corrected chi connectivity index (χ4v) is 3.74. The number of hydroxylamine groups is 3. The van der Waals surface area contributed by atoms with Crippen molar-refractivity contribution in [3.63, 3.8) is 0 Å². The highest BCUT2D eigenvalue weighted by molar-refractivity contribution is 7.80. The lowest BCUT2D eigenvalue weighted by Gasteiger charge is -2.25. The number of aromatic nitrogens is 1. The van der Waals surface area contributed by atoms with Crippen LogP contribution in [0.5, 0.6) is 0 Å². The number of carbonyl (C=O) groups is 2. The summed E-state index contributed by atoms with van der Waals surface area (Å²) in [5.41, 5.74) is 1.65. The summed E-state index contributed by atoms with van der Waals surface area (Å²) in [4.78, 5) is 37.9. The first kappa shape index (κ1) is 26.5. The number of carbonyl (C=O) groups excluding carboxylic acids is 2. The molecule has 10 heteroatoms. The second kappa shape index (κ2) is 14.3. The summed E-state index contributed by atoms with van der Waals surface area (Å²) in [5, 5.41) is 5.84. The third-order valence-electron chi connectivity index (χ3n) is 5.38. The summed E-state index contributed by atoms with van der Waals surface area (Å²) in [6.07, 6.45) is 9.15. The highest BCUT2D eigenvalue weighted by Crippen LogP contribution is 2.19. The van der Waals surface area contributed by atoms with Crippen molar-refractivity contribution < 1.29 is 24.0 Å². The van der Waals surface area contributed by atoms with Crippen LogP contribution in [0.4, 0.5) is 5.69 Å². The summed E-state index contributed by atoms with van der Waals surface area (Å²) in [5.74, 6) is -2.22. The Balaban J connectivity index is 1.27. The molecule has 1 saturated heterocycles. The summed E-state index contributed by atoms with van der Waals surface area (Å²) >= 11 is 5.40. The molecule has 188 valence electrons. The molecule has 1 N–H and O–H groups in total. The smallest absolute Gasteiger partial charge is 0.359 e. The number of unbranched alkanes of at least 4 members (excludes halogenated alkanes) is 5. The number of hydrogen-bond acceptors (Lipinski definition) is 8. The van der Waals surface area contributed by atoms with Crippen LogP contribution in [-0.2, 0) is 30.6 Å². The molecule has 9 nitrogen and oxygen atoms in total. The zero-order valence-corrected chi connectivity index (χ0v) is 20.7. The van der Waals surface area contributed by atoms with Gasteiger partial charge in [-0.2, -0.15) is 5.06 Å². The number of rotatable bonds is 14. The molecule has 1 fully saturated rings. The van der Waals surface area contributed by atoms with Gasteiger partial charge in [0.1, 0.15) is 6.23 Å². The summed E-state index contributed by atoms with van der Waals surface area (Å²) in [7, 11) is 0. The number of benzene rings is 1. The van der Waals surface area contributed by atoms with Gasteiger partial charge in [0.05, 0.1) is 18.8 Å². The van der Waals surface area contributed by atoms with Gasteiger partial charge in [0.2, 0.25) is 5.11 Å². The summed E-state index contributed by atoms with van der Waals surface area (Å²) < 4.78 is 5.81. The molecule has 1 atom stereocenters. The van der Waals surface area contributed by atoms with Gasteiger partial charge in [-0.3, -0.25) is 10.3 Å². The monoisotopic (exact) mass is 500 g/mol. The van der Waals surface area contributed by atoms with Crippen LogP contribution in [0.1, 0.15) is 51.0 Å². The Labute approximate surface area is 211 Å². The van der Waals surface area contributed by atoms with Gasteiger partial charge in [-0.15, -0.1) is 5.06 Å². The van der Waals surface area contributed by atoms with Crippen molar-refractivity contribution in [3.05, 3.63) is 60.4 Å². The number of nitrogens with zero attached hydrogens (tertiary/aromatic N) is 3. The van der Waals surface area contributed by atoms with E-state index in [0.717, 1.165) is 50.1 Å². The van der Waals surface area contributed by atoms with Crippen molar-refractivity contribution in [3.8, 4) is 0 Å². The van der Waals surface area contributed by atoms with E-state index in [1.54, 1.807) is 12.1 Å². The van der Waals surface area contributed by atoms with Crippen molar-refractivity contribution in [2.75, 3.05) is 18.2 Å². The Morgan fingerprint density at radius 3 is 2.34 bits per heavy atom. The lowest BCUT2D eigenvalue weighted by atomic mass is 10.1. The fraction of sp³-hybridized carbons (Fsp3) is 0.440. The average Bonchev–Trinajstić information content (AvgIpc) is 2.99. The van der Waals surface area contributed by atoms with E-state index in [2.05, 4.69) is 22.4 Å². The summed E-state index contributed by atoms with van der Waals surface area (Å²) in [6.45, 7) is 3.91. The van der Waals surface area contributed by atoms with Crippen LogP contribution < -0.4 is 10.4 Å². The minimum absolute atomic E-state index is 0.0120. The van der Waals surface area contributed by atoms with E-state index in [-0.39, 0.29) is 11.3 Å². The minimum Gasteiger partial charge on any atom is -0.359 e. The third kappa shape index (κ3) is 8.89. The zero-order chi connectivity index (χ0) is 24.9. The predicted molar refractivity (Wildman–Crippen MR) is 135 cm³/mol. The van der Waals surface area contributed by atoms with Gasteiger partial charge in [0, 0.05) is 12.4 Å². The molecule has 3 rings (SSSR count). The van der Waals surface area contributed by atoms with E-state index in [1.165, 1.54) is 23.0 Å². The quantitative estimate of drug-likeness (QED) is 0.178. The molecular formula is C25H32N4O5S. The standard InChI is InChI=1S/C25H32N4O5S/c1-20(32-19-21-11-7-6-8-12-21)27-15-9-4-2-3-5-10-18-28-25(35)29(22-13-16-26-17-14-22)34-24(31)23(30)33-28/h6-8,11-14,16-17,20,27H,2-5,9-10,15,18-19H2,1H3. The van der Waals surface area contributed by atoms with E-state index in [1.807, 2.05) is 25.1 Å². The second-order valence-corrected chi connectivity index (χ2v) is 8.52. The van der Waals surface area contributed by atoms with Gasteiger partial charge in [-0.25, -0.2) is 9.59 Å². The maximum atomic E-state index is 11.9. The van der Waals surface area contributed by atoms with E-state index in [9.17, 15) is 9.59 Å². The number of ether oxygens (including phenoxy) is 1. The average molecular weight is 501 g/mol. The molecule has 0 amide bonds. The van der Waals surface area contributed by atoms with Crippen LogP contribution >= 0.6 is 12.2 Å². The van der Waals surface area contributed by atoms with Crippen molar-refractivity contribution in [1.82, 2.24) is 15.4 Å². The van der Waals surface area contributed by atoms with Gasteiger partial charge in [-0.1, -0.05) is 56.0 Å². The number of pyridine rings is 1. The molecule has 1 aromatic heterocycles. The Kier molecular flexibility index (Phi) is 10.9. The van der Waals surface area contributed by atoms with Gasteiger partial charge in [0.25, 0.3) is 0 Å². The maximum absolute atomic E-state index is 11.9. The number of hydrogen-bond donors (Lipinski definition) is 1. The van der Waals surface area contributed by atoms with Crippen molar-refractivity contribution >= 4 is 35.0 Å². The topological polar surface area (TPSA) is 93.2 Å². The summed E-state index contributed by atoms with van der Waals surface area (Å²) in [6, 6.07) is 13.4. The van der Waals surface area contributed by atoms with Crippen molar-refractivity contribution in [2.45, 2.75) is 58.3 Å². The molecule has 0 saturated carbocycles. The zero-order valence-electron chi connectivity index (χ0n) is 19.9. The molecule has 35 heavy (non-hydrogen) atoms. The lowest BCUT2D eigenvalue weighted by Crippen LogP contribution is -2.41. The van der Waals surface area contributed by atoms with Crippen molar-refractivity contribution in [1.29, 1.82) is 0 Å². The Morgan fingerprint density at radius 1 is 0.943 bits per heavy atom. The van der Waals surface area contributed by atoms with E-state index in [4.69, 9.17) is 26.6 Å². The highest BCUT2D eigenvalue weighted by Gasteiger charge is 2.34. The normalized spacial score (nSPS) is 14.9. The second-order valence-electron chi connectivity index (χ2n) is 8.16. The van der Waals surface area contributed by atoms with Crippen LogP contribution in [0.3, 0.4) is 0 Å². The maximum Gasteiger partial charge on any atom is 0.444 e. The van der Waals surface area contributed by atoms with Crippen LogP contribution in [-0.4, -0.2) is 46.4 Å². The number of thiocarbonyl (C=S) groups is 1. The first-order chi connectivity index (χ1) is 17.0. The van der Waals surface area contributed by atoms with Crippen molar-refractivity contribution in [2.24, 2.45) is 0 Å². The van der Waals surface area contributed by atoms with Crippen LogP contribution in [0.15, 0.2) is 54.9 Å². The van der Waals surface area contributed by atoms with Crippen LogP contribution in [0.25, 0.3) is 0 Å². The van der Waals surface area contributed by atoms with E-state index < -0.39 is 11.9 Å². The minimum atomic E-state index is -1.12. The Bertz CT molecular complexity index is 947. The molecule has 0 radical (unpaired) electrons. The Morgan fingerprint density at radius 2 is 1.60 bits per heavy atom. The van der Waals surface area contributed by atoms with Crippen LogP contribution in [0, 0.1) is 0 Å². The highest BCUT2D eigenvalue weighted by atomic mass is 32.1. The van der Waals surface area contributed by atoms with Gasteiger partial charge in [0.15, 0.2) is 0 Å². The molecule has 1 aliphatic rings. The Hall–Kier alpha value is -3.08. The predicted octanol–water partition coefficient (Wildman–Crippen LogP) is 3.90. The fourth-order valence-electron chi connectivity index (χ4n) is 3.47. The van der Waals surface area contributed by atoms with Gasteiger partial charge >= 0.3 is 11.9 Å². The van der Waals surface area contributed by atoms with Crippen LogP contribution in [0.2, 0.25) is 0 Å². The first-order valence-electron chi connectivity index (χ1n) is 11.9. The van der Waals surface area contributed by atoms with E-state index in [0.29, 0.717) is 18.8 Å². The SMILES string of the molecule is CC(NCCCCCCCCN1OC(=O)C(=O)ON(c2ccncc2)C1=S)OCc1ccccc1. The first-order valence-corrected chi connectivity index (χ1v) is 12.3. The molecule has 0 spiro atoms. The molecule has 2 heterocycles. The largest absolute Gasteiger partial charge is 0.444 e. The molecule has 0 aliphatic carbocycles.